The molecule has 0 bridgehead atoms. The number of ether oxygens (including phenoxy) is 1. The Labute approximate surface area is 104 Å². The second kappa shape index (κ2) is 7.76. The molecule has 17 heavy (non-hydrogen) atoms. The summed E-state index contributed by atoms with van der Waals surface area (Å²) in [5.74, 6) is 6.78. The van der Waals surface area contributed by atoms with Crippen LogP contribution in [0.4, 0.5) is 0 Å². The van der Waals surface area contributed by atoms with Gasteiger partial charge in [-0.25, -0.2) is 0 Å². The lowest BCUT2D eigenvalue weighted by Gasteiger charge is -2.15. The third-order valence-corrected chi connectivity index (χ3v) is 2.52. The highest BCUT2D eigenvalue weighted by Crippen LogP contribution is 2.16. The molecule has 0 heterocycles. The molecule has 0 unspecified atom stereocenters. The van der Waals surface area contributed by atoms with Crippen molar-refractivity contribution in [2.24, 2.45) is 0 Å². The van der Waals surface area contributed by atoms with Gasteiger partial charge >= 0.3 is 0 Å². The summed E-state index contributed by atoms with van der Waals surface area (Å²) in [6, 6.07) is 7.79. The molecule has 92 valence electrons. The standard InChI is InChI=1S/C15H20O2/c1-3-14(4-2)17-15-10-7-9-13(12-15)8-5-6-11-16/h7,9-10,12,14,16H,3-4,6,11H2,1-2H3. The molecule has 1 rings (SSSR count). The van der Waals surface area contributed by atoms with Gasteiger partial charge < -0.3 is 9.84 Å². The van der Waals surface area contributed by atoms with E-state index < -0.39 is 0 Å². The van der Waals surface area contributed by atoms with Crippen molar-refractivity contribution < 1.29 is 9.84 Å². The second-order valence-corrected chi connectivity index (χ2v) is 3.86. The Bertz CT molecular complexity index is 383. The van der Waals surface area contributed by atoms with E-state index in [-0.39, 0.29) is 12.7 Å². The van der Waals surface area contributed by atoms with Gasteiger partial charge in [0.2, 0.25) is 0 Å². The van der Waals surface area contributed by atoms with Crippen LogP contribution in [0.2, 0.25) is 0 Å². The summed E-state index contributed by atoms with van der Waals surface area (Å²) in [5, 5.41) is 8.65. The lowest BCUT2D eigenvalue weighted by Crippen LogP contribution is -2.13. The second-order valence-electron chi connectivity index (χ2n) is 3.86. The number of hydrogen-bond donors (Lipinski definition) is 1. The molecule has 1 aromatic rings. The van der Waals surface area contributed by atoms with Crippen LogP contribution in [0.15, 0.2) is 24.3 Å². The Balaban J connectivity index is 2.69. The predicted molar refractivity (Wildman–Crippen MR) is 70.0 cm³/mol. The Morgan fingerprint density at radius 1 is 1.29 bits per heavy atom. The summed E-state index contributed by atoms with van der Waals surface area (Å²) < 4.78 is 5.84. The van der Waals surface area contributed by atoms with Crippen LogP contribution in [0.25, 0.3) is 0 Å². The van der Waals surface area contributed by atoms with Crippen LogP contribution in [0.5, 0.6) is 5.75 Å². The molecule has 1 aromatic carbocycles. The first-order valence-electron chi connectivity index (χ1n) is 6.16. The number of rotatable bonds is 5. The van der Waals surface area contributed by atoms with Gasteiger partial charge in [-0.2, -0.15) is 0 Å². The van der Waals surface area contributed by atoms with E-state index >= 15 is 0 Å². The topological polar surface area (TPSA) is 29.5 Å². The van der Waals surface area contributed by atoms with E-state index in [2.05, 4.69) is 25.7 Å². The van der Waals surface area contributed by atoms with Gasteiger partial charge in [-0.05, 0) is 31.0 Å². The van der Waals surface area contributed by atoms with Crippen LogP contribution >= 0.6 is 0 Å². The first-order chi connectivity index (χ1) is 8.30. The highest BCUT2D eigenvalue weighted by Gasteiger charge is 2.04. The fourth-order valence-electron chi connectivity index (χ4n) is 1.52. The average molecular weight is 232 g/mol. The zero-order valence-electron chi connectivity index (χ0n) is 10.6. The Hall–Kier alpha value is -1.46. The van der Waals surface area contributed by atoms with Gasteiger partial charge in [0, 0.05) is 12.0 Å². The fourth-order valence-corrected chi connectivity index (χ4v) is 1.52. The highest BCUT2D eigenvalue weighted by molar-refractivity contribution is 5.39. The molecule has 0 saturated carbocycles. The van der Waals surface area contributed by atoms with E-state index in [4.69, 9.17) is 9.84 Å². The highest BCUT2D eigenvalue weighted by atomic mass is 16.5. The minimum absolute atomic E-state index is 0.108. The fraction of sp³-hybridized carbons (Fsp3) is 0.467. The molecule has 0 fully saturated rings. The van der Waals surface area contributed by atoms with Crippen molar-refractivity contribution in [1.29, 1.82) is 0 Å². The van der Waals surface area contributed by atoms with E-state index in [1.54, 1.807) is 0 Å². The van der Waals surface area contributed by atoms with Gasteiger partial charge in [0.1, 0.15) is 5.75 Å². The molecule has 0 aliphatic rings. The average Bonchev–Trinajstić information content (AvgIpc) is 2.37. The van der Waals surface area contributed by atoms with Crippen molar-refractivity contribution in [2.75, 3.05) is 6.61 Å². The minimum Gasteiger partial charge on any atom is -0.490 e. The lowest BCUT2D eigenvalue weighted by atomic mass is 10.2. The van der Waals surface area contributed by atoms with Gasteiger partial charge in [0.15, 0.2) is 0 Å². The largest absolute Gasteiger partial charge is 0.490 e. The number of aliphatic hydroxyl groups is 1. The maximum Gasteiger partial charge on any atom is 0.120 e. The molecule has 0 aliphatic heterocycles. The van der Waals surface area contributed by atoms with E-state index in [9.17, 15) is 0 Å². The molecule has 0 amide bonds. The van der Waals surface area contributed by atoms with Crippen molar-refractivity contribution in [3.63, 3.8) is 0 Å². The molecular weight excluding hydrogens is 212 g/mol. The summed E-state index contributed by atoms with van der Waals surface area (Å²) in [5.41, 5.74) is 0.932. The van der Waals surface area contributed by atoms with Crippen LogP contribution in [0, 0.1) is 11.8 Å². The molecule has 2 nitrogen and oxygen atoms in total. The summed E-state index contributed by atoms with van der Waals surface area (Å²) in [6.45, 7) is 4.36. The lowest BCUT2D eigenvalue weighted by molar-refractivity contribution is 0.193. The summed E-state index contributed by atoms with van der Waals surface area (Å²) >= 11 is 0. The van der Waals surface area contributed by atoms with Gasteiger partial charge in [0.05, 0.1) is 12.7 Å². The molecule has 2 heteroatoms. The maximum absolute atomic E-state index is 8.65. The molecular formula is C15H20O2. The van der Waals surface area contributed by atoms with Gasteiger partial charge in [-0.15, -0.1) is 0 Å². The van der Waals surface area contributed by atoms with E-state index in [1.165, 1.54) is 0 Å². The summed E-state index contributed by atoms with van der Waals surface area (Å²) in [7, 11) is 0. The summed E-state index contributed by atoms with van der Waals surface area (Å²) in [6.07, 6.45) is 2.81. The minimum atomic E-state index is 0.108. The molecule has 0 aromatic heterocycles. The van der Waals surface area contributed by atoms with Crippen LogP contribution in [-0.4, -0.2) is 17.8 Å². The van der Waals surface area contributed by atoms with Crippen molar-refractivity contribution in [3.05, 3.63) is 29.8 Å². The maximum atomic E-state index is 8.65. The third-order valence-electron chi connectivity index (χ3n) is 2.52. The van der Waals surface area contributed by atoms with Crippen molar-refractivity contribution in [2.45, 2.75) is 39.2 Å². The van der Waals surface area contributed by atoms with Gasteiger partial charge in [-0.3, -0.25) is 0 Å². The normalized spacial score (nSPS) is 9.88. The Morgan fingerprint density at radius 2 is 2.06 bits per heavy atom. The third kappa shape index (κ3) is 4.93. The molecule has 0 spiro atoms. The van der Waals surface area contributed by atoms with Crippen LogP contribution in [0.3, 0.4) is 0 Å². The quantitative estimate of drug-likeness (QED) is 0.791. The van der Waals surface area contributed by atoms with Crippen molar-refractivity contribution in [3.8, 4) is 17.6 Å². The number of aliphatic hydroxyl groups excluding tert-OH is 1. The summed E-state index contributed by atoms with van der Waals surface area (Å²) in [4.78, 5) is 0. The molecule has 0 atom stereocenters. The van der Waals surface area contributed by atoms with E-state index in [0.717, 1.165) is 24.2 Å². The first-order valence-corrected chi connectivity index (χ1v) is 6.16. The predicted octanol–water partition coefficient (Wildman–Crippen LogP) is 2.99. The van der Waals surface area contributed by atoms with Crippen molar-refractivity contribution in [1.82, 2.24) is 0 Å². The van der Waals surface area contributed by atoms with E-state index in [0.29, 0.717) is 6.42 Å². The van der Waals surface area contributed by atoms with Crippen LogP contribution in [-0.2, 0) is 0 Å². The Kier molecular flexibility index (Phi) is 6.21. The number of hydrogen-bond acceptors (Lipinski definition) is 2. The molecule has 0 saturated heterocycles. The molecule has 0 aliphatic carbocycles. The smallest absolute Gasteiger partial charge is 0.120 e. The monoisotopic (exact) mass is 232 g/mol. The number of benzene rings is 1. The molecule has 0 radical (unpaired) electrons. The van der Waals surface area contributed by atoms with E-state index in [1.807, 2.05) is 24.3 Å². The van der Waals surface area contributed by atoms with Gasteiger partial charge in [0.25, 0.3) is 0 Å². The SMILES string of the molecule is CCC(CC)Oc1cccc(C#CCCO)c1. The van der Waals surface area contributed by atoms with Gasteiger partial charge in [-0.1, -0.05) is 31.8 Å². The first kappa shape index (κ1) is 13.6. The van der Waals surface area contributed by atoms with Crippen LogP contribution in [0.1, 0.15) is 38.7 Å². The molecule has 1 N–H and O–H groups in total. The Morgan fingerprint density at radius 3 is 2.71 bits per heavy atom. The zero-order valence-corrected chi connectivity index (χ0v) is 10.6. The van der Waals surface area contributed by atoms with Crippen LogP contribution < -0.4 is 4.74 Å². The van der Waals surface area contributed by atoms with Crippen molar-refractivity contribution >= 4 is 0 Å². The zero-order chi connectivity index (χ0) is 12.5.